The number of amides is 1. The molecular weight excluding hydrogens is 240 g/mol. The Morgan fingerprint density at radius 2 is 2.42 bits per heavy atom. The largest absolute Gasteiger partial charge is 0.366 e. The maximum absolute atomic E-state index is 10.9. The number of rotatable bonds is 2. The third kappa shape index (κ3) is 1.98. The first-order chi connectivity index (χ1) is 5.65. The van der Waals surface area contributed by atoms with E-state index in [9.17, 15) is 4.79 Å². The van der Waals surface area contributed by atoms with E-state index in [0.717, 1.165) is 4.47 Å². The van der Waals surface area contributed by atoms with Crippen LogP contribution in [-0.2, 0) is 0 Å². The number of halogens is 1. The summed E-state index contributed by atoms with van der Waals surface area (Å²) in [6.45, 7) is 0. The Hall–Kier alpha value is -0.550. The van der Waals surface area contributed by atoms with Crippen molar-refractivity contribution in [2.45, 2.75) is 5.03 Å². The average molecular weight is 247 g/mol. The molecule has 0 unspecified atom stereocenters. The highest BCUT2D eigenvalue weighted by Gasteiger charge is 2.08. The second-order valence-corrected chi connectivity index (χ2v) is 3.79. The third-order valence-electron chi connectivity index (χ3n) is 1.28. The van der Waals surface area contributed by atoms with Gasteiger partial charge >= 0.3 is 0 Å². The number of nitrogens with zero attached hydrogens (tertiary/aromatic N) is 1. The van der Waals surface area contributed by atoms with E-state index in [1.807, 2.05) is 6.26 Å². The summed E-state index contributed by atoms with van der Waals surface area (Å²) in [5.41, 5.74) is 5.60. The lowest BCUT2D eigenvalue weighted by molar-refractivity contribution is 0.0997. The van der Waals surface area contributed by atoms with Crippen molar-refractivity contribution in [3.63, 3.8) is 0 Å². The van der Waals surface area contributed by atoms with Crippen LogP contribution in [0.3, 0.4) is 0 Å². The van der Waals surface area contributed by atoms with Crippen LogP contribution in [0.4, 0.5) is 0 Å². The van der Waals surface area contributed by atoms with Crippen molar-refractivity contribution in [2.24, 2.45) is 5.73 Å². The molecule has 0 radical (unpaired) electrons. The van der Waals surface area contributed by atoms with Gasteiger partial charge in [0.2, 0.25) is 0 Å². The Morgan fingerprint density at radius 1 is 1.75 bits per heavy atom. The fourth-order valence-electron chi connectivity index (χ4n) is 0.766. The van der Waals surface area contributed by atoms with Gasteiger partial charge in [-0.15, -0.1) is 11.8 Å². The van der Waals surface area contributed by atoms with Crippen molar-refractivity contribution in [1.82, 2.24) is 4.98 Å². The topological polar surface area (TPSA) is 56.0 Å². The van der Waals surface area contributed by atoms with E-state index in [4.69, 9.17) is 5.73 Å². The van der Waals surface area contributed by atoms with Crippen LogP contribution in [0.2, 0.25) is 0 Å². The number of carbonyl (C=O) groups is 1. The molecule has 3 nitrogen and oxygen atoms in total. The van der Waals surface area contributed by atoms with E-state index in [-0.39, 0.29) is 0 Å². The molecule has 0 fully saturated rings. The van der Waals surface area contributed by atoms with E-state index < -0.39 is 5.91 Å². The molecule has 1 aromatic heterocycles. The first-order valence-corrected chi connectivity index (χ1v) is 5.16. The van der Waals surface area contributed by atoms with Gasteiger partial charge in [0, 0.05) is 10.7 Å². The molecule has 1 aromatic rings. The van der Waals surface area contributed by atoms with Crippen LogP contribution in [0.15, 0.2) is 21.8 Å². The molecule has 0 saturated carbocycles. The number of aromatic nitrogens is 1. The summed E-state index contributed by atoms with van der Waals surface area (Å²) < 4.78 is 0.758. The molecule has 12 heavy (non-hydrogen) atoms. The summed E-state index contributed by atoms with van der Waals surface area (Å²) in [7, 11) is 0. The summed E-state index contributed by atoms with van der Waals surface area (Å²) >= 11 is 4.61. The molecule has 0 saturated heterocycles. The number of hydrogen-bond acceptors (Lipinski definition) is 3. The molecule has 0 atom stereocenters. The molecule has 1 heterocycles. The van der Waals surface area contributed by atoms with Gasteiger partial charge in [-0.1, -0.05) is 0 Å². The standard InChI is InChI=1S/C7H7BrN2OS/c1-12-7-5(6(9)11)2-4(8)3-10-7/h2-3H,1H3,(H2,9,11). The molecule has 0 aliphatic rings. The van der Waals surface area contributed by atoms with Gasteiger partial charge in [0.25, 0.3) is 5.91 Å². The van der Waals surface area contributed by atoms with E-state index in [2.05, 4.69) is 20.9 Å². The summed E-state index contributed by atoms with van der Waals surface area (Å²) in [6.07, 6.45) is 3.49. The van der Waals surface area contributed by atoms with E-state index in [0.29, 0.717) is 10.6 Å². The zero-order valence-corrected chi connectivity index (χ0v) is 8.78. The third-order valence-corrected chi connectivity index (χ3v) is 2.42. The highest BCUT2D eigenvalue weighted by molar-refractivity contribution is 9.10. The number of primary amides is 1. The minimum absolute atomic E-state index is 0.451. The fourth-order valence-corrected chi connectivity index (χ4v) is 1.63. The van der Waals surface area contributed by atoms with Crippen molar-refractivity contribution >= 4 is 33.6 Å². The Kier molecular flexibility index (Phi) is 3.11. The molecule has 64 valence electrons. The SMILES string of the molecule is CSc1ncc(Br)cc1C(N)=O. The summed E-state index contributed by atoms with van der Waals surface area (Å²) in [5, 5.41) is 0.658. The van der Waals surface area contributed by atoms with Crippen LogP contribution >= 0.6 is 27.7 Å². The van der Waals surface area contributed by atoms with Crippen LogP contribution in [0.5, 0.6) is 0 Å². The lowest BCUT2D eigenvalue weighted by Gasteiger charge is -2.01. The summed E-state index contributed by atoms with van der Waals surface area (Å²) in [4.78, 5) is 14.9. The van der Waals surface area contributed by atoms with Crippen molar-refractivity contribution in [3.8, 4) is 0 Å². The highest BCUT2D eigenvalue weighted by Crippen LogP contribution is 2.20. The van der Waals surface area contributed by atoms with Crippen LogP contribution in [0, 0.1) is 0 Å². The average Bonchev–Trinajstić information content (AvgIpc) is 2.04. The number of thioether (sulfide) groups is 1. The second-order valence-electron chi connectivity index (χ2n) is 2.07. The van der Waals surface area contributed by atoms with Crippen LogP contribution in [0.1, 0.15) is 10.4 Å². The van der Waals surface area contributed by atoms with Crippen LogP contribution in [-0.4, -0.2) is 17.1 Å². The quantitative estimate of drug-likeness (QED) is 0.808. The predicted molar refractivity (Wildman–Crippen MR) is 52.2 cm³/mol. The van der Waals surface area contributed by atoms with E-state index in [1.54, 1.807) is 12.3 Å². The van der Waals surface area contributed by atoms with E-state index in [1.165, 1.54) is 11.8 Å². The summed E-state index contributed by atoms with van der Waals surface area (Å²) in [6, 6.07) is 1.67. The Labute approximate surface area is 82.9 Å². The van der Waals surface area contributed by atoms with Gasteiger partial charge in [0.05, 0.1) is 5.56 Å². The smallest absolute Gasteiger partial charge is 0.251 e. The van der Waals surface area contributed by atoms with Gasteiger partial charge in [-0.05, 0) is 28.3 Å². The zero-order valence-electron chi connectivity index (χ0n) is 6.37. The molecule has 0 aliphatic carbocycles. The molecule has 0 aliphatic heterocycles. The maximum Gasteiger partial charge on any atom is 0.251 e. The van der Waals surface area contributed by atoms with Gasteiger partial charge in [-0.3, -0.25) is 4.79 Å². The van der Waals surface area contributed by atoms with E-state index >= 15 is 0 Å². The number of carbonyl (C=O) groups excluding carboxylic acids is 1. The van der Waals surface area contributed by atoms with Crippen molar-refractivity contribution in [3.05, 3.63) is 22.3 Å². The van der Waals surface area contributed by atoms with Crippen LogP contribution < -0.4 is 5.73 Å². The summed E-state index contributed by atoms with van der Waals surface area (Å²) in [5.74, 6) is -0.451. The molecule has 1 rings (SSSR count). The molecule has 5 heteroatoms. The van der Waals surface area contributed by atoms with Crippen molar-refractivity contribution < 1.29 is 4.79 Å². The van der Waals surface area contributed by atoms with Crippen molar-refractivity contribution in [2.75, 3.05) is 6.26 Å². The Morgan fingerprint density at radius 3 is 2.92 bits per heavy atom. The monoisotopic (exact) mass is 246 g/mol. The van der Waals surface area contributed by atoms with Crippen molar-refractivity contribution in [1.29, 1.82) is 0 Å². The van der Waals surface area contributed by atoms with Gasteiger partial charge in [-0.25, -0.2) is 4.98 Å². The number of pyridine rings is 1. The first kappa shape index (κ1) is 9.54. The minimum Gasteiger partial charge on any atom is -0.366 e. The molecule has 0 spiro atoms. The lowest BCUT2D eigenvalue weighted by Crippen LogP contribution is -2.12. The predicted octanol–water partition coefficient (Wildman–Crippen LogP) is 1.66. The molecular formula is C7H7BrN2OS. The Bertz CT molecular complexity index is 316. The van der Waals surface area contributed by atoms with Gasteiger partial charge in [-0.2, -0.15) is 0 Å². The normalized spacial score (nSPS) is 9.83. The highest BCUT2D eigenvalue weighted by atomic mass is 79.9. The maximum atomic E-state index is 10.9. The number of hydrogen-bond donors (Lipinski definition) is 1. The fraction of sp³-hybridized carbons (Fsp3) is 0.143. The van der Waals surface area contributed by atoms with Gasteiger partial charge in [0.15, 0.2) is 0 Å². The lowest BCUT2D eigenvalue weighted by atomic mass is 10.3. The molecule has 1 amide bonds. The second kappa shape index (κ2) is 3.91. The van der Waals surface area contributed by atoms with Gasteiger partial charge in [0.1, 0.15) is 5.03 Å². The molecule has 0 bridgehead atoms. The molecule has 0 aromatic carbocycles. The van der Waals surface area contributed by atoms with Crippen LogP contribution in [0.25, 0.3) is 0 Å². The Balaban J connectivity index is 3.21. The zero-order chi connectivity index (χ0) is 9.14. The number of nitrogens with two attached hydrogens (primary N) is 1. The molecule has 2 N–H and O–H groups in total. The van der Waals surface area contributed by atoms with Gasteiger partial charge < -0.3 is 5.73 Å². The minimum atomic E-state index is -0.451. The first-order valence-electron chi connectivity index (χ1n) is 3.14.